The third-order valence-corrected chi connectivity index (χ3v) is 6.14. The van der Waals surface area contributed by atoms with E-state index in [0.29, 0.717) is 35.8 Å². The Morgan fingerprint density at radius 1 is 1.10 bits per heavy atom. The smallest absolute Gasteiger partial charge is 0.229 e. The van der Waals surface area contributed by atoms with Crippen molar-refractivity contribution in [1.29, 1.82) is 0 Å². The molecule has 1 fully saturated rings. The van der Waals surface area contributed by atoms with Gasteiger partial charge in [0.25, 0.3) is 0 Å². The quantitative estimate of drug-likeness (QED) is 0.597. The molecule has 1 aromatic rings. The number of ether oxygens (including phenoxy) is 6. The van der Waals surface area contributed by atoms with Crippen molar-refractivity contribution in [3.63, 3.8) is 0 Å². The highest BCUT2D eigenvalue weighted by atomic mass is 16.5. The molecule has 0 amide bonds. The van der Waals surface area contributed by atoms with Gasteiger partial charge in [-0.05, 0) is 37.5 Å². The molecule has 3 rings (SSSR count). The molecule has 1 heterocycles. The molecule has 7 nitrogen and oxygen atoms in total. The Labute approximate surface area is 177 Å². The van der Waals surface area contributed by atoms with Crippen molar-refractivity contribution in [1.82, 2.24) is 0 Å². The van der Waals surface area contributed by atoms with Crippen LogP contribution in [0.15, 0.2) is 36.3 Å². The number of ketones is 1. The summed E-state index contributed by atoms with van der Waals surface area (Å²) in [5.74, 6) is 2.11. The molecule has 0 N–H and O–H groups in total. The summed E-state index contributed by atoms with van der Waals surface area (Å²) in [6.07, 6.45) is 2.05. The number of carbonyl (C=O) groups excluding carboxylic acids is 1. The summed E-state index contributed by atoms with van der Waals surface area (Å²) in [4.78, 5) is 12.8. The van der Waals surface area contributed by atoms with Crippen molar-refractivity contribution in [2.45, 2.75) is 37.9 Å². The first kappa shape index (κ1) is 22.0. The van der Waals surface area contributed by atoms with Crippen LogP contribution in [0.4, 0.5) is 0 Å². The molecule has 1 aliphatic heterocycles. The second-order valence-corrected chi connectivity index (χ2v) is 7.56. The van der Waals surface area contributed by atoms with Crippen molar-refractivity contribution in [3.05, 3.63) is 41.9 Å². The minimum absolute atomic E-state index is 0.116. The van der Waals surface area contributed by atoms with E-state index >= 15 is 0 Å². The molecule has 7 heteroatoms. The molecule has 2 aliphatic rings. The number of hydrogen-bond donors (Lipinski definition) is 0. The van der Waals surface area contributed by atoms with E-state index in [4.69, 9.17) is 28.4 Å². The fourth-order valence-corrected chi connectivity index (χ4v) is 4.96. The van der Waals surface area contributed by atoms with Crippen LogP contribution in [0.1, 0.15) is 31.2 Å². The maximum atomic E-state index is 12.8. The molecular weight excluding hydrogens is 388 g/mol. The van der Waals surface area contributed by atoms with Crippen molar-refractivity contribution in [3.8, 4) is 17.2 Å². The van der Waals surface area contributed by atoms with Gasteiger partial charge in [0.05, 0.1) is 28.4 Å². The summed E-state index contributed by atoms with van der Waals surface area (Å²) in [6, 6.07) is 3.87. The van der Waals surface area contributed by atoms with Gasteiger partial charge in [0.15, 0.2) is 11.5 Å². The van der Waals surface area contributed by atoms with E-state index in [-0.39, 0.29) is 23.6 Å². The van der Waals surface area contributed by atoms with Crippen molar-refractivity contribution in [2.24, 2.45) is 5.41 Å². The molecule has 0 bridgehead atoms. The van der Waals surface area contributed by atoms with Crippen LogP contribution in [-0.2, 0) is 19.0 Å². The van der Waals surface area contributed by atoms with E-state index in [1.165, 1.54) is 14.2 Å². The third kappa shape index (κ3) is 3.21. The van der Waals surface area contributed by atoms with Crippen LogP contribution in [0.2, 0.25) is 0 Å². The lowest BCUT2D eigenvalue weighted by atomic mass is 9.63. The van der Waals surface area contributed by atoms with Gasteiger partial charge in [0, 0.05) is 18.4 Å². The Balaban J connectivity index is 2.26. The molecular formula is C23H30O7. The Morgan fingerprint density at radius 2 is 1.73 bits per heavy atom. The average molecular weight is 418 g/mol. The second kappa shape index (κ2) is 8.60. The lowest BCUT2D eigenvalue weighted by Gasteiger charge is -2.39. The van der Waals surface area contributed by atoms with Crippen LogP contribution in [0.5, 0.6) is 17.2 Å². The first-order chi connectivity index (χ1) is 14.4. The van der Waals surface area contributed by atoms with E-state index < -0.39 is 11.5 Å². The Hall–Kier alpha value is -2.67. The number of benzene rings is 1. The SMILES string of the molecule is C=CC[C@]12C[C@H](OC)C(=O)C(OC)=C1O[C@H](C)[C@H]2c1cc(OC)c(OC)c(OC)c1. The van der Waals surface area contributed by atoms with Crippen LogP contribution in [0.3, 0.4) is 0 Å². The van der Waals surface area contributed by atoms with E-state index in [9.17, 15) is 4.79 Å². The lowest BCUT2D eigenvalue weighted by Crippen LogP contribution is -2.42. The molecule has 1 aliphatic carbocycles. The van der Waals surface area contributed by atoms with E-state index in [1.54, 1.807) is 21.3 Å². The van der Waals surface area contributed by atoms with Crippen molar-refractivity contribution < 1.29 is 33.2 Å². The van der Waals surface area contributed by atoms with Crippen LogP contribution in [0, 0.1) is 5.41 Å². The van der Waals surface area contributed by atoms with Crippen molar-refractivity contribution in [2.75, 3.05) is 35.5 Å². The number of Topliss-reactive ketones (excluding diaryl/α,β-unsaturated/α-hetero) is 1. The van der Waals surface area contributed by atoms with E-state index in [0.717, 1.165) is 5.56 Å². The molecule has 0 saturated carbocycles. The molecule has 164 valence electrons. The van der Waals surface area contributed by atoms with Gasteiger partial charge in [0.2, 0.25) is 17.3 Å². The zero-order chi connectivity index (χ0) is 22.1. The zero-order valence-electron chi connectivity index (χ0n) is 18.4. The lowest BCUT2D eigenvalue weighted by molar-refractivity contribution is -0.132. The van der Waals surface area contributed by atoms with E-state index in [1.807, 2.05) is 25.1 Å². The Kier molecular flexibility index (Phi) is 6.31. The molecule has 30 heavy (non-hydrogen) atoms. The molecule has 1 saturated heterocycles. The Bertz CT molecular complexity index is 834. The highest BCUT2D eigenvalue weighted by Crippen LogP contribution is 2.61. The topological polar surface area (TPSA) is 72.5 Å². The predicted molar refractivity (Wildman–Crippen MR) is 111 cm³/mol. The highest BCUT2D eigenvalue weighted by Gasteiger charge is 2.59. The summed E-state index contributed by atoms with van der Waals surface area (Å²) < 4.78 is 33.9. The fourth-order valence-electron chi connectivity index (χ4n) is 4.96. The van der Waals surface area contributed by atoms with Gasteiger partial charge in [-0.3, -0.25) is 4.79 Å². The molecule has 0 radical (unpaired) electrons. The van der Waals surface area contributed by atoms with Gasteiger partial charge >= 0.3 is 0 Å². The summed E-state index contributed by atoms with van der Waals surface area (Å²) in [5, 5.41) is 0. The summed E-state index contributed by atoms with van der Waals surface area (Å²) >= 11 is 0. The first-order valence-corrected chi connectivity index (χ1v) is 9.85. The van der Waals surface area contributed by atoms with Gasteiger partial charge in [-0.25, -0.2) is 0 Å². The molecule has 0 unspecified atom stereocenters. The molecule has 0 aromatic heterocycles. The number of fused-ring (bicyclic) bond motifs is 1. The largest absolute Gasteiger partial charge is 0.493 e. The van der Waals surface area contributed by atoms with Gasteiger partial charge in [-0.2, -0.15) is 0 Å². The fraction of sp³-hybridized carbons (Fsp3) is 0.522. The minimum atomic E-state index is -0.623. The normalized spacial score (nSPS) is 27.9. The summed E-state index contributed by atoms with van der Waals surface area (Å²) in [7, 11) is 7.77. The number of carbonyl (C=O) groups is 1. The van der Waals surface area contributed by atoms with E-state index in [2.05, 4.69) is 6.58 Å². The third-order valence-electron chi connectivity index (χ3n) is 6.14. The van der Waals surface area contributed by atoms with Gasteiger partial charge in [-0.1, -0.05) is 6.08 Å². The summed E-state index contributed by atoms with van der Waals surface area (Å²) in [5.41, 5.74) is 0.402. The molecule has 1 aromatic carbocycles. The van der Waals surface area contributed by atoms with Gasteiger partial charge < -0.3 is 28.4 Å². The highest BCUT2D eigenvalue weighted by molar-refractivity contribution is 5.99. The first-order valence-electron chi connectivity index (χ1n) is 9.85. The number of hydrogen-bond acceptors (Lipinski definition) is 7. The van der Waals surface area contributed by atoms with Gasteiger partial charge in [-0.15, -0.1) is 6.58 Å². The van der Waals surface area contributed by atoms with Crippen LogP contribution < -0.4 is 14.2 Å². The number of rotatable bonds is 8. The minimum Gasteiger partial charge on any atom is -0.493 e. The van der Waals surface area contributed by atoms with Gasteiger partial charge in [0.1, 0.15) is 18.0 Å². The number of allylic oxidation sites excluding steroid dienone is 2. The van der Waals surface area contributed by atoms with Crippen LogP contribution in [-0.4, -0.2) is 53.5 Å². The number of methoxy groups -OCH3 is 5. The molecule has 4 atom stereocenters. The monoisotopic (exact) mass is 418 g/mol. The maximum Gasteiger partial charge on any atom is 0.229 e. The van der Waals surface area contributed by atoms with Crippen molar-refractivity contribution >= 4 is 5.78 Å². The average Bonchev–Trinajstić information content (AvgIpc) is 3.03. The Morgan fingerprint density at radius 3 is 2.20 bits per heavy atom. The molecule has 0 spiro atoms. The standard InChI is InChI=1S/C23H30O7/c1-8-9-23-12-17(27-5)19(24)21(29-7)22(23)30-13(2)18(23)14-10-15(25-3)20(28-6)16(11-14)26-4/h8,10-11,13,17-18H,1,9,12H2,2-7H3/t13-,17+,18+,23-/m1/s1. The summed E-state index contributed by atoms with van der Waals surface area (Å²) in [6.45, 7) is 5.95. The zero-order valence-corrected chi connectivity index (χ0v) is 18.4. The van der Waals surface area contributed by atoms with Crippen LogP contribution >= 0.6 is 0 Å². The second-order valence-electron chi connectivity index (χ2n) is 7.56. The predicted octanol–water partition coefficient (Wildman–Crippen LogP) is 3.62. The van der Waals surface area contributed by atoms with Crippen LogP contribution in [0.25, 0.3) is 0 Å². The maximum absolute atomic E-state index is 12.8.